The van der Waals surface area contributed by atoms with Gasteiger partial charge in [-0.1, -0.05) is 29.3 Å². The summed E-state index contributed by atoms with van der Waals surface area (Å²) in [6.07, 6.45) is 0. The van der Waals surface area contributed by atoms with Gasteiger partial charge < -0.3 is 10.5 Å². The van der Waals surface area contributed by atoms with E-state index in [4.69, 9.17) is 33.7 Å². The van der Waals surface area contributed by atoms with Gasteiger partial charge in [0.25, 0.3) is 0 Å². The second-order valence-electron chi connectivity index (χ2n) is 3.96. The van der Waals surface area contributed by atoms with Crippen molar-refractivity contribution in [3.63, 3.8) is 0 Å². The van der Waals surface area contributed by atoms with Crippen molar-refractivity contribution in [2.75, 3.05) is 0 Å². The number of hydrogen-bond acceptors (Lipinski definition) is 3. The molecule has 1 aromatic heterocycles. The van der Waals surface area contributed by atoms with Crippen molar-refractivity contribution >= 4 is 34.5 Å². The van der Waals surface area contributed by atoms with Gasteiger partial charge in [0.15, 0.2) is 0 Å². The molecule has 1 atom stereocenters. The third-order valence-corrected chi connectivity index (χ3v) is 4.19. The second kappa shape index (κ2) is 5.93. The Balaban J connectivity index is 2.08. The van der Waals surface area contributed by atoms with Crippen LogP contribution in [-0.4, -0.2) is 0 Å². The third kappa shape index (κ3) is 3.18. The summed E-state index contributed by atoms with van der Waals surface area (Å²) in [5.74, 6) is 0.644. The highest BCUT2D eigenvalue weighted by Gasteiger charge is 2.08. The van der Waals surface area contributed by atoms with Crippen LogP contribution in [0, 0.1) is 0 Å². The van der Waals surface area contributed by atoms with Crippen LogP contribution >= 0.6 is 34.5 Å². The highest BCUT2D eigenvalue weighted by molar-refractivity contribution is 7.10. The number of thiophene rings is 1. The summed E-state index contributed by atoms with van der Waals surface area (Å²) in [4.78, 5) is 0.990. The van der Waals surface area contributed by atoms with Crippen molar-refractivity contribution in [1.82, 2.24) is 0 Å². The maximum atomic E-state index is 6.14. The van der Waals surface area contributed by atoms with E-state index < -0.39 is 0 Å². The topological polar surface area (TPSA) is 35.2 Å². The molecule has 0 saturated heterocycles. The van der Waals surface area contributed by atoms with Crippen molar-refractivity contribution in [2.45, 2.75) is 19.6 Å². The molecule has 18 heavy (non-hydrogen) atoms. The Morgan fingerprint density at radius 1 is 1.28 bits per heavy atom. The molecule has 2 nitrogen and oxygen atoms in total. The molecule has 0 aliphatic rings. The van der Waals surface area contributed by atoms with Crippen molar-refractivity contribution in [2.24, 2.45) is 5.73 Å². The first-order chi connectivity index (χ1) is 8.58. The minimum atomic E-state index is -0.0386. The highest BCUT2D eigenvalue weighted by atomic mass is 35.5. The van der Waals surface area contributed by atoms with Gasteiger partial charge in [0.2, 0.25) is 0 Å². The molecule has 1 unspecified atom stereocenters. The summed E-state index contributed by atoms with van der Waals surface area (Å²) < 4.78 is 5.65. The molecule has 0 radical (unpaired) electrons. The van der Waals surface area contributed by atoms with Crippen molar-refractivity contribution < 1.29 is 4.74 Å². The van der Waals surface area contributed by atoms with Gasteiger partial charge >= 0.3 is 0 Å². The summed E-state index contributed by atoms with van der Waals surface area (Å²) >= 11 is 13.7. The Hall–Kier alpha value is -0.740. The first-order valence-electron chi connectivity index (χ1n) is 5.47. The van der Waals surface area contributed by atoms with E-state index in [1.54, 1.807) is 11.3 Å². The van der Waals surface area contributed by atoms with Crippen LogP contribution in [0.4, 0.5) is 0 Å². The lowest BCUT2D eigenvalue weighted by atomic mass is 10.1. The summed E-state index contributed by atoms with van der Waals surface area (Å²) in [5.41, 5.74) is 6.78. The van der Waals surface area contributed by atoms with E-state index >= 15 is 0 Å². The molecule has 0 spiro atoms. The van der Waals surface area contributed by atoms with E-state index in [1.807, 2.05) is 36.6 Å². The molecule has 1 aromatic carbocycles. The fraction of sp³-hybridized carbons (Fsp3) is 0.231. The van der Waals surface area contributed by atoms with E-state index in [-0.39, 0.29) is 6.04 Å². The van der Waals surface area contributed by atoms with Crippen LogP contribution in [0.3, 0.4) is 0 Å². The van der Waals surface area contributed by atoms with Crippen molar-refractivity contribution in [1.29, 1.82) is 0 Å². The quantitative estimate of drug-likeness (QED) is 0.892. The lowest BCUT2D eigenvalue weighted by Gasteiger charge is -2.10. The first-order valence-corrected chi connectivity index (χ1v) is 7.11. The normalized spacial score (nSPS) is 12.4. The molecule has 2 N–H and O–H groups in total. The van der Waals surface area contributed by atoms with Gasteiger partial charge in [-0.2, -0.15) is 0 Å². The monoisotopic (exact) mass is 301 g/mol. The van der Waals surface area contributed by atoms with Crippen LogP contribution in [0.15, 0.2) is 29.6 Å². The molecule has 0 fully saturated rings. The maximum Gasteiger partial charge on any atom is 0.138 e. The number of hydrogen-bond donors (Lipinski definition) is 1. The zero-order valence-corrected chi connectivity index (χ0v) is 12.1. The van der Waals surface area contributed by atoms with Gasteiger partial charge in [-0.05, 0) is 36.1 Å². The lowest BCUT2D eigenvalue weighted by molar-refractivity contribution is 0.310. The van der Waals surface area contributed by atoms with Gasteiger partial charge in [-0.3, -0.25) is 0 Å². The predicted octanol–water partition coefficient (Wildman–Crippen LogP) is 4.65. The molecule has 0 aliphatic carbocycles. The molecular formula is C13H13Cl2NOS. The molecule has 5 heteroatoms. The number of ether oxygens (including phenoxy) is 1. The van der Waals surface area contributed by atoms with E-state index in [9.17, 15) is 0 Å². The van der Waals surface area contributed by atoms with Gasteiger partial charge in [0.05, 0.1) is 14.9 Å². The zero-order valence-electron chi connectivity index (χ0n) is 9.82. The summed E-state index contributed by atoms with van der Waals surface area (Å²) in [6, 6.07) is 7.40. The molecular weight excluding hydrogens is 289 g/mol. The smallest absolute Gasteiger partial charge is 0.138 e. The number of benzene rings is 1. The predicted molar refractivity (Wildman–Crippen MR) is 77.7 cm³/mol. The Kier molecular flexibility index (Phi) is 4.51. The van der Waals surface area contributed by atoms with E-state index in [0.717, 1.165) is 15.5 Å². The number of halogens is 2. The van der Waals surface area contributed by atoms with E-state index in [0.29, 0.717) is 17.4 Å². The minimum Gasteiger partial charge on any atom is -0.486 e. The summed E-state index contributed by atoms with van der Waals surface area (Å²) in [7, 11) is 0. The van der Waals surface area contributed by atoms with E-state index in [2.05, 4.69) is 0 Å². The molecule has 0 amide bonds. The molecule has 1 heterocycles. The van der Waals surface area contributed by atoms with E-state index in [1.165, 1.54) is 0 Å². The second-order valence-corrected chi connectivity index (χ2v) is 5.77. The summed E-state index contributed by atoms with van der Waals surface area (Å²) in [6.45, 7) is 2.34. The average molecular weight is 302 g/mol. The molecule has 2 aromatic rings. The van der Waals surface area contributed by atoms with Gasteiger partial charge in [0.1, 0.15) is 12.4 Å². The average Bonchev–Trinajstić information content (AvgIpc) is 2.73. The van der Waals surface area contributed by atoms with Crippen LogP contribution in [0.25, 0.3) is 0 Å². The standard InChI is InChI=1S/C13H13Cl2NOS/c1-8(16)9-2-3-12(11(15)6-9)17-7-13-10(14)4-5-18-13/h2-6,8H,7,16H2,1H3. The lowest BCUT2D eigenvalue weighted by Crippen LogP contribution is -2.05. The highest BCUT2D eigenvalue weighted by Crippen LogP contribution is 2.29. The van der Waals surface area contributed by atoms with Crippen LogP contribution in [-0.2, 0) is 6.61 Å². The minimum absolute atomic E-state index is 0.0386. The van der Waals surface area contributed by atoms with Gasteiger partial charge in [-0.25, -0.2) is 0 Å². The van der Waals surface area contributed by atoms with Crippen molar-refractivity contribution in [3.8, 4) is 5.75 Å². The Bertz CT molecular complexity index is 540. The fourth-order valence-electron chi connectivity index (χ4n) is 1.49. The molecule has 0 aliphatic heterocycles. The molecule has 2 rings (SSSR count). The maximum absolute atomic E-state index is 6.14. The largest absolute Gasteiger partial charge is 0.486 e. The number of nitrogens with two attached hydrogens (primary N) is 1. The van der Waals surface area contributed by atoms with Gasteiger partial charge in [-0.15, -0.1) is 11.3 Å². The Labute approximate surface area is 120 Å². The van der Waals surface area contributed by atoms with Crippen LogP contribution in [0.5, 0.6) is 5.75 Å². The fourth-order valence-corrected chi connectivity index (χ4v) is 2.73. The Morgan fingerprint density at radius 2 is 2.06 bits per heavy atom. The zero-order chi connectivity index (χ0) is 13.1. The molecule has 96 valence electrons. The third-order valence-electron chi connectivity index (χ3n) is 2.53. The van der Waals surface area contributed by atoms with Crippen LogP contribution < -0.4 is 10.5 Å². The van der Waals surface area contributed by atoms with Crippen LogP contribution in [0.2, 0.25) is 10.0 Å². The van der Waals surface area contributed by atoms with Crippen LogP contribution in [0.1, 0.15) is 23.4 Å². The Morgan fingerprint density at radius 3 is 2.61 bits per heavy atom. The number of rotatable bonds is 4. The molecule has 0 saturated carbocycles. The summed E-state index contributed by atoms with van der Waals surface area (Å²) in [5, 5.41) is 3.22. The molecule has 0 bridgehead atoms. The van der Waals surface area contributed by atoms with Gasteiger partial charge in [0, 0.05) is 6.04 Å². The van der Waals surface area contributed by atoms with Crippen molar-refractivity contribution in [3.05, 3.63) is 50.1 Å². The first kappa shape index (κ1) is 13.7. The SMILES string of the molecule is CC(N)c1ccc(OCc2sccc2Cl)c(Cl)c1.